The Kier molecular flexibility index (Phi) is 3.11. The van der Waals surface area contributed by atoms with E-state index in [2.05, 4.69) is 40.0 Å². The van der Waals surface area contributed by atoms with Gasteiger partial charge in [-0.25, -0.2) is 0 Å². The molecule has 0 spiro atoms. The molecule has 0 fully saturated rings. The van der Waals surface area contributed by atoms with Crippen LogP contribution < -0.4 is 10.1 Å². The quantitative estimate of drug-likeness (QED) is 0.915. The van der Waals surface area contributed by atoms with E-state index >= 15 is 0 Å². The lowest BCUT2D eigenvalue weighted by Crippen LogP contribution is -2.14. The molecule has 1 aromatic heterocycles. The number of fused-ring (bicyclic) bond motifs is 1. The van der Waals surface area contributed by atoms with Crippen molar-refractivity contribution in [2.45, 2.75) is 32.9 Å². The summed E-state index contributed by atoms with van der Waals surface area (Å²) in [4.78, 5) is 0. The van der Waals surface area contributed by atoms with E-state index in [-0.39, 0.29) is 6.10 Å². The number of anilines is 1. The summed E-state index contributed by atoms with van der Waals surface area (Å²) < 4.78 is 8.06. The molecular formula is C14H18N4O. The summed E-state index contributed by atoms with van der Waals surface area (Å²) in [5.41, 5.74) is 1.24. The highest BCUT2D eigenvalue weighted by Gasteiger charge is 2.29. The standard InChI is InChI=1S/C14H18N4O/c1-3-15-14-17-16-13(18(14)4-2)12-9-10-7-5-6-8-11(10)19-12/h5-8,12H,3-4,9H2,1-2H3,(H,15,17). The minimum Gasteiger partial charge on any atom is -0.482 e. The summed E-state index contributed by atoms with van der Waals surface area (Å²) in [6.45, 7) is 5.82. The van der Waals surface area contributed by atoms with E-state index in [1.54, 1.807) is 0 Å². The lowest BCUT2D eigenvalue weighted by Gasteiger charge is -2.12. The fourth-order valence-electron chi connectivity index (χ4n) is 2.48. The van der Waals surface area contributed by atoms with Gasteiger partial charge in [-0.1, -0.05) is 18.2 Å². The van der Waals surface area contributed by atoms with Crippen molar-refractivity contribution in [3.63, 3.8) is 0 Å². The topological polar surface area (TPSA) is 52.0 Å². The first kappa shape index (κ1) is 12.0. The maximum Gasteiger partial charge on any atom is 0.224 e. The third-order valence-corrected chi connectivity index (χ3v) is 3.37. The molecule has 5 nitrogen and oxygen atoms in total. The molecule has 2 heterocycles. The summed E-state index contributed by atoms with van der Waals surface area (Å²) in [5.74, 6) is 2.68. The maximum absolute atomic E-state index is 5.98. The molecule has 2 aromatic rings. The number of benzene rings is 1. The van der Waals surface area contributed by atoms with Gasteiger partial charge >= 0.3 is 0 Å². The van der Waals surface area contributed by atoms with E-state index in [9.17, 15) is 0 Å². The smallest absolute Gasteiger partial charge is 0.224 e. The van der Waals surface area contributed by atoms with Crippen LogP contribution in [0.1, 0.15) is 31.3 Å². The molecule has 1 unspecified atom stereocenters. The second-order valence-corrected chi connectivity index (χ2v) is 4.57. The van der Waals surface area contributed by atoms with Gasteiger partial charge in [-0.15, -0.1) is 10.2 Å². The van der Waals surface area contributed by atoms with Crippen LogP contribution in [-0.2, 0) is 13.0 Å². The molecule has 0 saturated carbocycles. The minimum absolute atomic E-state index is 0.0303. The number of rotatable bonds is 4. The number of hydrogen-bond donors (Lipinski definition) is 1. The van der Waals surface area contributed by atoms with Crippen LogP contribution in [0, 0.1) is 0 Å². The number of para-hydroxylation sites is 1. The molecule has 3 rings (SSSR count). The molecule has 19 heavy (non-hydrogen) atoms. The van der Waals surface area contributed by atoms with Gasteiger partial charge in [0, 0.05) is 19.5 Å². The van der Waals surface area contributed by atoms with Gasteiger partial charge in [0.25, 0.3) is 0 Å². The molecule has 0 radical (unpaired) electrons. The Labute approximate surface area is 112 Å². The average molecular weight is 258 g/mol. The highest BCUT2D eigenvalue weighted by Crippen LogP contribution is 2.36. The number of nitrogens with one attached hydrogen (secondary N) is 1. The van der Waals surface area contributed by atoms with Crippen LogP contribution in [0.25, 0.3) is 0 Å². The van der Waals surface area contributed by atoms with Gasteiger partial charge < -0.3 is 10.1 Å². The molecule has 1 aliphatic heterocycles. The van der Waals surface area contributed by atoms with E-state index in [0.29, 0.717) is 0 Å². The lowest BCUT2D eigenvalue weighted by atomic mass is 10.1. The first-order chi connectivity index (χ1) is 9.33. The predicted molar refractivity (Wildman–Crippen MR) is 73.4 cm³/mol. The average Bonchev–Trinajstić information content (AvgIpc) is 3.01. The van der Waals surface area contributed by atoms with Crippen molar-refractivity contribution in [3.8, 4) is 5.75 Å². The van der Waals surface area contributed by atoms with Crippen LogP contribution in [0.3, 0.4) is 0 Å². The minimum atomic E-state index is -0.0303. The summed E-state index contributed by atoms with van der Waals surface area (Å²) in [7, 11) is 0. The van der Waals surface area contributed by atoms with Crippen molar-refractivity contribution in [2.75, 3.05) is 11.9 Å². The Hall–Kier alpha value is -2.04. The van der Waals surface area contributed by atoms with Crippen molar-refractivity contribution < 1.29 is 4.74 Å². The van der Waals surface area contributed by atoms with Crippen LogP contribution in [0.5, 0.6) is 5.75 Å². The zero-order valence-corrected chi connectivity index (χ0v) is 11.3. The van der Waals surface area contributed by atoms with Gasteiger partial charge in [-0.05, 0) is 25.5 Å². The van der Waals surface area contributed by atoms with Crippen molar-refractivity contribution in [1.82, 2.24) is 14.8 Å². The Bertz CT molecular complexity index is 554. The fourth-order valence-corrected chi connectivity index (χ4v) is 2.48. The van der Waals surface area contributed by atoms with E-state index in [4.69, 9.17) is 4.74 Å². The second-order valence-electron chi connectivity index (χ2n) is 4.57. The largest absolute Gasteiger partial charge is 0.482 e. The van der Waals surface area contributed by atoms with Gasteiger partial charge in [-0.2, -0.15) is 0 Å². The Morgan fingerprint density at radius 1 is 1.32 bits per heavy atom. The van der Waals surface area contributed by atoms with Gasteiger partial charge in [0.15, 0.2) is 11.9 Å². The monoisotopic (exact) mass is 258 g/mol. The molecule has 1 atom stereocenters. The van der Waals surface area contributed by atoms with Gasteiger partial charge in [0.05, 0.1) is 0 Å². The summed E-state index contributed by atoms with van der Waals surface area (Å²) in [6.07, 6.45) is 0.831. The van der Waals surface area contributed by atoms with Crippen LogP contribution in [-0.4, -0.2) is 21.3 Å². The van der Waals surface area contributed by atoms with Gasteiger partial charge in [0.2, 0.25) is 5.95 Å². The number of hydrogen-bond acceptors (Lipinski definition) is 4. The van der Waals surface area contributed by atoms with E-state index in [1.165, 1.54) is 5.56 Å². The predicted octanol–water partition coefficient (Wildman–Crippen LogP) is 2.41. The molecule has 5 heteroatoms. The normalized spacial score (nSPS) is 17.1. The zero-order chi connectivity index (χ0) is 13.2. The first-order valence-electron chi connectivity index (χ1n) is 6.75. The SMILES string of the molecule is CCNc1nnc(C2Cc3ccccc3O2)n1CC. The molecule has 0 saturated heterocycles. The highest BCUT2D eigenvalue weighted by molar-refractivity contribution is 5.38. The second kappa shape index (κ2) is 4.91. The van der Waals surface area contributed by atoms with E-state index in [0.717, 1.165) is 37.0 Å². The third-order valence-electron chi connectivity index (χ3n) is 3.37. The van der Waals surface area contributed by atoms with Crippen LogP contribution in [0.2, 0.25) is 0 Å². The Morgan fingerprint density at radius 2 is 2.16 bits per heavy atom. The number of ether oxygens (including phenoxy) is 1. The summed E-state index contributed by atoms with van der Waals surface area (Å²) >= 11 is 0. The Balaban J connectivity index is 1.89. The van der Waals surface area contributed by atoms with Crippen molar-refractivity contribution in [3.05, 3.63) is 35.7 Å². The van der Waals surface area contributed by atoms with Crippen molar-refractivity contribution in [1.29, 1.82) is 0 Å². The lowest BCUT2D eigenvalue weighted by molar-refractivity contribution is 0.221. The Morgan fingerprint density at radius 3 is 2.89 bits per heavy atom. The molecule has 0 amide bonds. The van der Waals surface area contributed by atoms with Gasteiger partial charge in [0.1, 0.15) is 5.75 Å². The molecule has 0 bridgehead atoms. The summed E-state index contributed by atoms with van der Waals surface area (Å²) in [5, 5.41) is 11.7. The molecule has 1 aromatic carbocycles. The fraction of sp³-hybridized carbons (Fsp3) is 0.429. The maximum atomic E-state index is 5.98. The van der Waals surface area contributed by atoms with E-state index < -0.39 is 0 Å². The molecule has 1 aliphatic rings. The van der Waals surface area contributed by atoms with Crippen LogP contribution in [0.4, 0.5) is 5.95 Å². The molecule has 1 N–H and O–H groups in total. The van der Waals surface area contributed by atoms with Crippen molar-refractivity contribution in [2.24, 2.45) is 0 Å². The molecule has 0 aliphatic carbocycles. The molecular weight excluding hydrogens is 240 g/mol. The number of aromatic nitrogens is 3. The third kappa shape index (κ3) is 2.05. The number of nitrogens with zero attached hydrogens (tertiary/aromatic N) is 3. The van der Waals surface area contributed by atoms with Crippen LogP contribution >= 0.6 is 0 Å². The van der Waals surface area contributed by atoms with Crippen LogP contribution in [0.15, 0.2) is 24.3 Å². The first-order valence-corrected chi connectivity index (χ1v) is 6.75. The highest BCUT2D eigenvalue weighted by atomic mass is 16.5. The summed E-state index contributed by atoms with van der Waals surface area (Å²) in [6, 6.07) is 8.15. The zero-order valence-electron chi connectivity index (χ0n) is 11.3. The van der Waals surface area contributed by atoms with E-state index in [1.807, 2.05) is 18.2 Å². The van der Waals surface area contributed by atoms with Crippen molar-refractivity contribution >= 4 is 5.95 Å². The van der Waals surface area contributed by atoms with Gasteiger partial charge in [-0.3, -0.25) is 4.57 Å². The molecule has 100 valence electrons.